The van der Waals surface area contributed by atoms with Gasteiger partial charge in [0.15, 0.2) is 6.61 Å². The summed E-state index contributed by atoms with van der Waals surface area (Å²) in [5.74, 6) is 0.722. The first-order valence-corrected chi connectivity index (χ1v) is 8.23. The predicted molar refractivity (Wildman–Crippen MR) is 97.1 cm³/mol. The number of carbonyl (C=O) groups is 1. The van der Waals surface area contributed by atoms with Crippen molar-refractivity contribution < 1.29 is 18.8 Å². The molecular formula is C20H15N3O4. The topological polar surface area (TPSA) is 87.3 Å². The molecule has 0 amide bonds. The number of aromatic nitrogens is 3. The van der Waals surface area contributed by atoms with Crippen LogP contribution in [0.15, 0.2) is 65.2 Å². The molecule has 4 rings (SSSR count). The van der Waals surface area contributed by atoms with Crippen LogP contribution in [0.4, 0.5) is 0 Å². The van der Waals surface area contributed by atoms with Gasteiger partial charge in [-0.15, -0.1) is 0 Å². The summed E-state index contributed by atoms with van der Waals surface area (Å²) in [6.07, 6.45) is 0. The van der Waals surface area contributed by atoms with Crippen LogP contribution in [0.3, 0.4) is 0 Å². The van der Waals surface area contributed by atoms with Gasteiger partial charge in [-0.3, -0.25) is 0 Å². The molecule has 0 aliphatic rings. The zero-order valence-electron chi connectivity index (χ0n) is 14.5. The number of ether oxygens (including phenoxy) is 2. The molecule has 2 aromatic heterocycles. The van der Waals surface area contributed by atoms with Crippen molar-refractivity contribution in [2.45, 2.75) is 6.61 Å². The molecule has 2 heterocycles. The van der Waals surface area contributed by atoms with E-state index in [9.17, 15) is 4.79 Å². The summed E-state index contributed by atoms with van der Waals surface area (Å²) >= 11 is 0. The van der Waals surface area contributed by atoms with Gasteiger partial charge < -0.3 is 14.0 Å². The fraction of sp³-hybridized carbons (Fsp3) is 0.100. The molecule has 2 aromatic carbocycles. The van der Waals surface area contributed by atoms with Crippen LogP contribution in [0.25, 0.3) is 22.3 Å². The number of hydrogen-bond acceptors (Lipinski definition) is 7. The molecule has 0 N–H and O–H groups in total. The van der Waals surface area contributed by atoms with Gasteiger partial charge in [-0.05, 0) is 24.3 Å². The molecule has 134 valence electrons. The Kier molecular flexibility index (Phi) is 4.49. The number of esters is 1. The number of carbonyl (C=O) groups excluding carboxylic acids is 1. The van der Waals surface area contributed by atoms with Gasteiger partial charge in [0, 0.05) is 10.9 Å². The average Bonchev–Trinajstić information content (AvgIpc) is 3.21. The fourth-order valence-corrected chi connectivity index (χ4v) is 2.57. The Morgan fingerprint density at radius 2 is 1.93 bits per heavy atom. The van der Waals surface area contributed by atoms with Gasteiger partial charge in [0.25, 0.3) is 5.89 Å². The summed E-state index contributed by atoms with van der Waals surface area (Å²) in [7, 11) is 1.58. The van der Waals surface area contributed by atoms with E-state index in [1.165, 1.54) is 0 Å². The smallest absolute Gasteiger partial charge is 0.357 e. The van der Waals surface area contributed by atoms with Gasteiger partial charge in [0.1, 0.15) is 11.4 Å². The van der Waals surface area contributed by atoms with E-state index in [0.29, 0.717) is 11.6 Å². The highest BCUT2D eigenvalue weighted by Gasteiger charge is 2.14. The molecule has 0 saturated heterocycles. The van der Waals surface area contributed by atoms with Crippen molar-refractivity contribution in [3.8, 4) is 17.1 Å². The van der Waals surface area contributed by atoms with Crippen LogP contribution in [-0.2, 0) is 11.3 Å². The minimum absolute atomic E-state index is 0.135. The highest BCUT2D eigenvalue weighted by atomic mass is 16.6. The summed E-state index contributed by atoms with van der Waals surface area (Å²) in [5, 5.41) is 4.86. The van der Waals surface area contributed by atoms with E-state index < -0.39 is 5.97 Å². The molecular weight excluding hydrogens is 346 g/mol. The Morgan fingerprint density at radius 3 is 2.81 bits per heavy atom. The number of nitrogens with zero attached hydrogens (tertiary/aromatic N) is 3. The van der Waals surface area contributed by atoms with Crippen molar-refractivity contribution in [2.75, 3.05) is 7.11 Å². The zero-order valence-corrected chi connectivity index (χ0v) is 14.5. The molecule has 4 aromatic rings. The van der Waals surface area contributed by atoms with E-state index in [1.807, 2.05) is 48.5 Å². The highest BCUT2D eigenvalue weighted by molar-refractivity contribution is 5.90. The van der Waals surface area contributed by atoms with Gasteiger partial charge >= 0.3 is 5.97 Å². The first kappa shape index (κ1) is 16.7. The molecule has 0 aliphatic carbocycles. The van der Waals surface area contributed by atoms with E-state index in [4.69, 9.17) is 14.0 Å². The van der Waals surface area contributed by atoms with Gasteiger partial charge in [-0.1, -0.05) is 41.6 Å². The number of rotatable bonds is 5. The van der Waals surface area contributed by atoms with Crippen LogP contribution in [-0.4, -0.2) is 28.2 Å². The van der Waals surface area contributed by atoms with E-state index in [-0.39, 0.29) is 18.2 Å². The second-order valence-electron chi connectivity index (χ2n) is 5.71. The quantitative estimate of drug-likeness (QED) is 0.501. The molecule has 7 nitrogen and oxygen atoms in total. The lowest BCUT2D eigenvalue weighted by atomic mass is 10.2. The molecule has 0 spiro atoms. The first-order chi connectivity index (χ1) is 13.2. The third-order valence-corrected chi connectivity index (χ3v) is 3.93. The maximum atomic E-state index is 12.2. The molecule has 0 unspecified atom stereocenters. The minimum Gasteiger partial charge on any atom is -0.497 e. The van der Waals surface area contributed by atoms with Gasteiger partial charge in [0.2, 0.25) is 5.82 Å². The van der Waals surface area contributed by atoms with Crippen molar-refractivity contribution in [2.24, 2.45) is 0 Å². The summed E-state index contributed by atoms with van der Waals surface area (Å²) < 4.78 is 15.6. The van der Waals surface area contributed by atoms with Crippen molar-refractivity contribution >= 4 is 16.9 Å². The monoisotopic (exact) mass is 361 g/mol. The lowest BCUT2D eigenvalue weighted by Gasteiger charge is -2.03. The minimum atomic E-state index is -0.554. The Labute approximate surface area is 154 Å². The fourth-order valence-electron chi connectivity index (χ4n) is 2.57. The summed E-state index contributed by atoms with van der Waals surface area (Å²) in [6, 6.07) is 18.3. The third-order valence-electron chi connectivity index (χ3n) is 3.93. The lowest BCUT2D eigenvalue weighted by Crippen LogP contribution is -2.07. The Balaban J connectivity index is 1.45. The summed E-state index contributed by atoms with van der Waals surface area (Å²) in [4.78, 5) is 20.8. The molecule has 27 heavy (non-hydrogen) atoms. The average molecular weight is 361 g/mol. The summed E-state index contributed by atoms with van der Waals surface area (Å²) in [6.45, 7) is -0.135. The standard InChI is InChI=1S/C20H15N3O4/c1-25-15-7-4-6-14(11-15)19-22-18(27-23-19)12-26-20(24)17-10-9-13-5-2-3-8-16(13)21-17/h2-11H,12H2,1H3. The number of methoxy groups -OCH3 is 1. The zero-order chi connectivity index (χ0) is 18.6. The molecule has 0 aliphatic heterocycles. The first-order valence-electron chi connectivity index (χ1n) is 8.23. The Morgan fingerprint density at radius 1 is 1.04 bits per heavy atom. The molecule has 0 radical (unpaired) electrons. The second kappa shape index (κ2) is 7.25. The lowest BCUT2D eigenvalue weighted by molar-refractivity contribution is 0.0423. The molecule has 7 heteroatoms. The molecule has 0 bridgehead atoms. The number of benzene rings is 2. The van der Waals surface area contributed by atoms with E-state index in [1.54, 1.807) is 19.2 Å². The van der Waals surface area contributed by atoms with Crippen LogP contribution in [0, 0.1) is 0 Å². The second-order valence-corrected chi connectivity index (χ2v) is 5.71. The van der Waals surface area contributed by atoms with Gasteiger partial charge in [-0.25, -0.2) is 9.78 Å². The van der Waals surface area contributed by atoms with Crippen LogP contribution < -0.4 is 4.74 Å². The molecule has 0 fully saturated rings. The SMILES string of the molecule is COc1cccc(-c2noc(COC(=O)c3ccc4ccccc4n3)n2)c1. The molecule has 0 saturated carbocycles. The third kappa shape index (κ3) is 3.62. The molecule has 0 atom stereocenters. The maximum absolute atomic E-state index is 12.2. The highest BCUT2D eigenvalue weighted by Crippen LogP contribution is 2.21. The summed E-state index contributed by atoms with van der Waals surface area (Å²) in [5.41, 5.74) is 1.69. The van der Waals surface area contributed by atoms with Gasteiger partial charge in [0.05, 0.1) is 12.6 Å². The number of para-hydroxylation sites is 1. The van der Waals surface area contributed by atoms with Crippen molar-refractivity contribution in [3.63, 3.8) is 0 Å². The number of hydrogen-bond donors (Lipinski definition) is 0. The normalized spacial score (nSPS) is 10.7. The van der Waals surface area contributed by atoms with Crippen LogP contribution in [0.2, 0.25) is 0 Å². The number of pyridine rings is 1. The Hall–Kier alpha value is -3.74. The van der Waals surface area contributed by atoms with E-state index in [0.717, 1.165) is 16.5 Å². The van der Waals surface area contributed by atoms with Gasteiger partial charge in [-0.2, -0.15) is 4.98 Å². The predicted octanol–water partition coefficient (Wildman–Crippen LogP) is 3.65. The Bertz CT molecular complexity index is 1110. The van der Waals surface area contributed by atoms with Crippen molar-refractivity contribution in [3.05, 3.63) is 72.2 Å². The van der Waals surface area contributed by atoms with Crippen LogP contribution in [0.5, 0.6) is 5.75 Å². The van der Waals surface area contributed by atoms with E-state index >= 15 is 0 Å². The largest absolute Gasteiger partial charge is 0.497 e. The van der Waals surface area contributed by atoms with Crippen molar-refractivity contribution in [1.29, 1.82) is 0 Å². The van der Waals surface area contributed by atoms with Crippen LogP contribution in [0.1, 0.15) is 16.4 Å². The maximum Gasteiger partial charge on any atom is 0.357 e. The van der Waals surface area contributed by atoms with Crippen molar-refractivity contribution in [1.82, 2.24) is 15.1 Å². The van der Waals surface area contributed by atoms with Crippen LogP contribution >= 0.6 is 0 Å². The number of fused-ring (bicyclic) bond motifs is 1. The van der Waals surface area contributed by atoms with E-state index in [2.05, 4.69) is 15.1 Å².